The molecule has 0 amide bonds. The van der Waals surface area contributed by atoms with Crippen LogP contribution in [0.3, 0.4) is 0 Å². The molecule has 0 bridgehead atoms. The zero-order valence-corrected chi connectivity index (χ0v) is 9.59. The van der Waals surface area contributed by atoms with Crippen LogP contribution in [0.4, 0.5) is 0 Å². The highest BCUT2D eigenvalue weighted by atomic mass is 35.5. The fourth-order valence-corrected chi connectivity index (χ4v) is 2.45. The molecule has 0 saturated heterocycles. The third-order valence-electron chi connectivity index (χ3n) is 1.58. The van der Waals surface area contributed by atoms with Crippen molar-refractivity contribution in [2.45, 2.75) is 17.9 Å². The fourth-order valence-electron chi connectivity index (χ4n) is 0.880. The van der Waals surface area contributed by atoms with Gasteiger partial charge in [0.25, 0.3) is 0 Å². The van der Waals surface area contributed by atoms with Crippen LogP contribution in [0.25, 0.3) is 0 Å². The van der Waals surface area contributed by atoms with Crippen molar-refractivity contribution in [1.29, 1.82) is 0 Å². The molecule has 15 heavy (non-hydrogen) atoms. The predicted molar refractivity (Wildman–Crippen MR) is 56.1 cm³/mol. The molecule has 0 fully saturated rings. The lowest BCUT2D eigenvalue weighted by Crippen LogP contribution is -2.30. The number of hydrogen-bond acceptors (Lipinski definition) is 4. The molecule has 1 aromatic rings. The van der Waals surface area contributed by atoms with Gasteiger partial charge >= 0.3 is 0 Å². The molecule has 0 unspecified atom stereocenters. The number of aliphatic hydroxyl groups excluding tert-OH is 1. The molecule has 1 aromatic heterocycles. The molecule has 1 rings (SSSR count). The molecule has 84 valence electrons. The summed E-state index contributed by atoms with van der Waals surface area (Å²) in [7, 11) is -3.69. The van der Waals surface area contributed by atoms with Gasteiger partial charge in [0.2, 0.25) is 10.0 Å². The van der Waals surface area contributed by atoms with Gasteiger partial charge in [-0.05, 0) is 19.1 Å². The number of aromatic nitrogens is 1. The van der Waals surface area contributed by atoms with Crippen molar-refractivity contribution in [3.8, 4) is 0 Å². The minimum absolute atomic E-state index is 0.0619. The van der Waals surface area contributed by atoms with Gasteiger partial charge in [0.15, 0.2) is 0 Å². The van der Waals surface area contributed by atoms with E-state index in [0.29, 0.717) is 0 Å². The molecule has 0 radical (unpaired) electrons. The van der Waals surface area contributed by atoms with Crippen molar-refractivity contribution in [1.82, 2.24) is 9.71 Å². The number of nitrogens with one attached hydrogen (secondary N) is 1. The van der Waals surface area contributed by atoms with E-state index >= 15 is 0 Å². The predicted octanol–water partition coefficient (Wildman–Crippen LogP) is 0.394. The quantitative estimate of drug-likeness (QED) is 0.758. The van der Waals surface area contributed by atoms with Gasteiger partial charge < -0.3 is 5.11 Å². The molecule has 5 nitrogen and oxygen atoms in total. The van der Waals surface area contributed by atoms with Gasteiger partial charge in [0, 0.05) is 12.7 Å². The first kappa shape index (κ1) is 12.4. The van der Waals surface area contributed by atoms with Gasteiger partial charge in [0.05, 0.1) is 6.10 Å². The van der Waals surface area contributed by atoms with Crippen LogP contribution < -0.4 is 4.72 Å². The third-order valence-corrected chi connectivity index (χ3v) is 3.45. The third kappa shape index (κ3) is 3.42. The maximum absolute atomic E-state index is 11.6. The van der Waals surface area contributed by atoms with E-state index in [0.717, 1.165) is 0 Å². The van der Waals surface area contributed by atoms with E-state index < -0.39 is 16.1 Å². The van der Waals surface area contributed by atoms with Gasteiger partial charge in [-0.25, -0.2) is 18.1 Å². The smallest absolute Gasteiger partial charge is 0.243 e. The number of hydrogen-bond donors (Lipinski definition) is 2. The van der Waals surface area contributed by atoms with E-state index in [9.17, 15) is 8.42 Å². The Hall–Kier alpha value is -0.690. The summed E-state index contributed by atoms with van der Waals surface area (Å²) in [6.07, 6.45) is 0.644. The number of pyridine rings is 1. The molecular formula is C8H11ClN2O3S. The Morgan fingerprint density at radius 3 is 2.87 bits per heavy atom. The normalized spacial score (nSPS) is 13.8. The number of halogens is 1. The number of aliphatic hydroxyl groups is 1. The van der Waals surface area contributed by atoms with Crippen molar-refractivity contribution in [2.75, 3.05) is 6.54 Å². The van der Waals surface area contributed by atoms with Crippen molar-refractivity contribution >= 4 is 21.6 Å². The van der Waals surface area contributed by atoms with Crippen LogP contribution in [-0.2, 0) is 10.0 Å². The van der Waals surface area contributed by atoms with Crippen LogP contribution in [0, 0.1) is 0 Å². The summed E-state index contributed by atoms with van der Waals surface area (Å²) in [5, 5.41) is 8.87. The molecule has 1 heterocycles. The molecule has 0 aliphatic rings. The second-order valence-electron chi connectivity index (χ2n) is 2.99. The van der Waals surface area contributed by atoms with Crippen LogP contribution in [0.5, 0.6) is 0 Å². The minimum atomic E-state index is -3.69. The Kier molecular flexibility index (Phi) is 4.04. The molecule has 7 heteroatoms. The van der Waals surface area contributed by atoms with E-state index in [4.69, 9.17) is 16.7 Å². The molecule has 0 saturated carbocycles. The summed E-state index contributed by atoms with van der Waals surface area (Å²) in [4.78, 5) is 3.57. The van der Waals surface area contributed by atoms with Crippen LogP contribution in [0.2, 0.25) is 5.15 Å². The molecule has 2 N–H and O–H groups in total. The largest absolute Gasteiger partial charge is 0.392 e. The molecule has 1 atom stereocenters. The minimum Gasteiger partial charge on any atom is -0.392 e. The number of nitrogens with zero attached hydrogens (tertiary/aromatic N) is 1. The first-order valence-electron chi connectivity index (χ1n) is 4.22. The fraction of sp³-hybridized carbons (Fsp3) is 0.375. The van der Waals surface area contributed by atoms with Gasteiger partial charge in [0.1, 0.15) is 10.0 Å². The number of sulfonamides is 1. The zero-order valence-electron chi connectivity index (χ0n) is 8.01. The first-order chi connectivity index (χ1) is 6.93. The zero-order chi connectivity index (χ0) is 11.5. The molecule has 0 aliphatic carbocycles. The molecule has 0 aromatic carbocycles. The van der Waals surface area contributed by atoms with Crippen molar-refractivity contribution < 1.29 is 13.5 Å². The monoisotopic (exact) mass is 250 g/mol. The van der Waals surface area contributed by atoms with Crippen LogP contribution >= 0.6 is 11.6 Å². The van der Waals surface area contributed by atoms with Crippen LogP contribution in [0.1, 0.15) is 6.92 Å². The lowest BCUT2D eigenvalue weighted by atomic mass is 10.4. The summed E-state index contributed by atoms with van der Waals surface area (Å²) < 4.78 is 25.4. The Morgan fingerprint density at radius 1 is 1.67 bits per heavy atom. The van der Waals surface area contributed by atoms with Crippen LogP contribution in [-0.4, -0.2) is 31.2 Å². The van der Waals surface area contributed by atoms with Crippen molar-refractivity contribution in [2.24, 2.45) is 0 Å². The maximum Gasteiger partial charge on any atom is 0.243 e. The molecule has 0 spiro atoms. The van der Waals surface area contributed by atoms with Gasteiger partial charge in [-0.2, -0.15) is 0 Å². The van der Waals surface area contributed by atoms with Gasteiger partial charge in [-0.3, -0.25) is 0 Å². The average molecular weight is 251 g/mol. The van der Waals surface area contributed by atoms with Crippen LogP contribution in [0.15, 0.2) is 23.2 Å². The van der Waals surface area contributed by atoms with Gasteiger partial charge in [-0.1, -0.05) is 11.6 Å². The first-order valence-corrected chi connectivity index (χ1v) is 6.08. The highest BCUT2D eigenvalue weighted by Crippen LogP contribution is 2.17. The van der Waals surface area contributed by atoms with E-state index in [1.165, 1.54) is 25.3 Å². The molecule has 0 aliphatic heterocycles. The Labute approximate surface area is 93.2 Å². The lowest BCUT2D eigenvalue weighted by Gasteiger charge is -2.08. The summed E-state index contributed by atoms with van der Waals surface area (Å²) >= 11 is 5.63. The Bertz CT molecular complexity index is 433. The maximum atomic E-state index is 11.6. The van der Waals surface area contributed by atoms with Crippen molar-refractivity contribution in [3.63, 3.8) is 0 Å². The average Bonchev–Trinajstić information content (AvgIpc) is 2.15. The second kappa shape index (κ2) is 4.89. The van der Waals surface area contributed by atoms with E-state index in [-0.39, 0.29) is 16.6 Å². The van der Waals surface area contributed by atoms with Gasteiger partial charge in [-0.15, -0.1) is 0 Å². The van der Waals surface area contributed by atoms with Crippen molar-refractivity contribution in [3.05, 3.63) is 23.5 Å². The Morgan fingerprint density at radius 2 is 2.33 bits per heavy atom. The summed E-state index contributed by atoms with van der Waals surface area (Å²) in [6.45, 7) is 1.42. The standard InChI is InChI=1S/C8H11ClN2O3S/c1-6(12)5-11-15(13,14)7-3-2-4-10-8(7)9/h2-4,6,11-12H,5H2,1H3/t6-/m1/s1. The summed E-state index contributed by atoms with van der Waals surface area (Å²) in [6, 6.07) is 2.82. The topological polar surface area (TPSA) is 79.3 Å². The SMILES string of the molecule is C[C@@H](O)CNS(=O)(=O)c1cccnc1Cl. The molecular weight excluding hydrogens is 240 g/mol. The van der Waals surface area contributed by atoms with E-state index in [1.807, 2.05) is 0 Å². The summed E-state index contributed by atoms with van der Waals surface area (Å²) in [5.41, 5.74) is 0. The highest BCUT2D eigenvalue weighted by Gasteiger charge is 2.18. The van der Waals surface area contributed by atoms with E-state index in [1.54, 1.807) is 0 Å². The second-order valence-corrected chi connectivity index (χ2v) is 5.09. The lowest BCUT2D eigenvalue weighted by molar-refractivity contribution is 0.198. The number of rotatable bonds is 4. The van der Waals surface area contributed by atoms with E-state index in [2.05, 4.69) is 9.71 Å². The Balaban J connectivity index is 2.92. The summed E-state index contributed by atoms with van der Waals surface area (Å²) in [5.74, 6) is 0. The highest BCUT2D eigenvalue weighted by molar-refractivity contribution is 7.89.